The Labute approximate surface area is 207 Å². The molecule has 1 heterocycles. The van der Waals surface area contributed by atoms with Crippen molar-refractivity contribution in [1.29, 1.82) is 0 Å². The van der Waals surface area contributed by atoms with Gasteiger partial charge in [0.1, 0.15) is 0 Å². The van der Waals surface area contributed by atoms with Crippen LogP contribution in [0.3, 0.4) is 0 Å². The fourth-order valence-corrected chi connectivity index (χ4v) is 5.01. The summed E-state index contributed by atoms with van der Waals surface area (Å²) in [5.41, 5.74) is 0.227. The molecular weight excluding hydrogens is 485 g/mol. The molecule has 1 aliphatic heterocycles. The second-order valence-electron chi connectivity index (χ2n) is 8.62. The van der Waals surface area contributed by atoms with Gasteiger partial charge >= 0.3 is 6.18 Å². The molecule has 1 aliphatic rings. The molecule has 0 radical (unpaired) electrons. The Morgan fingerprint density at radius 3 is 2.53 bits per heavy atom. The highest BCUT2D eigenvalue weighted by Crippen LogP contribution is 2.36. The van der Waals surface area contributed by atoms with Crippen molar-refractivity contribution in [3.05, 3.63) is 64.7 Å². The quantitative estimate of drug-likeness (QED) is 0.422. The topological polar surface area (TPSA) is 49.4 Å². The normalized spacial score (nSPS) is 18.9. The standard InChI is InChI=1S/C25H28ClF3N2O2S/c1-16(2)34-13-12-31-22(17-6-9-20(26)10-7-17)11-8-18(24(31)33)14-23(32)30-21-5-3-4-19(15-21)25(27,28)29/h3-7,9-10,15-16,18,22H,8,11-14H2,1-2H3,(H,30,32). The van der Waals surface area contributed by atoms with Crippen molar-refractivity contribution in [2.24, 2.45) is 5.92 Å². The lowest BCUT2D eigenvalue weighted by molar-refractivity contribution is -0.143. The summed E-state index contributed by atoms with van der Waals surface area (Å²) in [5, 5.41) is 3.57. The first-order chi connectivity index (χ1) is 16.0. The lowest BCUT2D eigenvalue weighted by Crippen LogP contribution is -2.45. The predicted octanol–water partition coefficient (Wildman–Crippen LogP) is 6.81. The lowest BCUT2D eigenvalue weighted by atomic mass is 9.86. The summed E-state index contributed by atoms with van der Waals surface area (Å²) in [7, 11) is 0. The Hall–Kier alpha value is -2.19. The van der Waals surface area contributed by atoms with Crippen LogP contribution in [-0.2, 0) is 15.8 Å². The molecule has 1 fully saturated rings. The number of amides is 2. The largest absolute Gasteiger partial charge is 0.416 e. The zero-order valence-electron chi connectivity index (χ0n) is 19.1. The molecule has 9 heteroatoms. The Morgan fingerprint density at radius 1 is 1.18 bits per heavy atom. The molecule has 34 heavy (non-hydrogen) atoms. The van der Waals surface area contributed by atoms with Gasteiger partial charge in [-0.05, 0) is 54.0 Å². The van der Waals surface area contributed by atoms with E-state index in [1.54, 1.807) is 23.9 Å². The van der Waals surface area contributed by atoms with E-state index < -0.39 is 23.6 Å². The summed E-state index contributed by atoms with van der Waals surface area (Å²) in [6, 6.07) is 11.8. The SMILES string of the molecule is CC(C)SCCN1C(=O)C(CC(=O)Nc2cccc(C(F)(F)F)c2)CCC1c1ccc(Cl)cc1. The van der Waals surface area contributed by atoms with Crippen molar-refractivity contribution >= 4 is 40.9 Å². The van der Waals surface area contributed by atoms with Crippen LogP contribution in [0.5, 0.6) is 0 Å². The Bertz CT molecular complexity index is 998. The van der Waals surface area contributed by atoms with Gasteiger partial charge in [-0.15, -0.1) is 0 Å². The number of thioether (sulfide) groups is 1. The first-order valence-electron chi connectivity index (χ1n) is 11.2. The third kappa shape index (κ3) is 7.15. The zero-order chi connectivity index (χ0) is 24.9. The fraction of sp³-hybridized carbons (Fsp3) is 0.440. The molecule has 2 unspecified atom stereocenters. The minimum Gasteiger partial charge on any atom is -0.335 e. The summed E-state index contributed by atoms with van der Waals surface area (Å²) < 4.78 is 38.9. The van der Waals surface area contributed by atoms with Crippen molar-refractivity contribution in [3.63, 3.8) is 0 Å². The number of nitrogens with zero attached hydrogens (tertiary/aromatic N) is 1. The van der Waals surface area contributed by atoms with Gasteiger partial charge in [-0.3, -0.25) is 9.59 Å². The Morgan fingerprint density at radius 2 is 1.88 bits per heavy atom. The number of likely N-dealkylation sites (tertiary alicyclic amines) is 1. The molecule has 0 aliphatic carbocycles. The molecule has 2 aromatic carbocycles. The third-order valence-electron chi connectivity index (χ3n) is 5.74. The zero-order valence-corrected chi connectivity index (χ0v) is 20.6. The smallest absolute Gasteiger partial charge is 0.335 e. The van der Waals surface area contributed by atoms with Crippen LogP contribution in [0, 0.1) is 5.92 Å². The highest BCUT2D eigenvalue weighted by Gasteiger charge is 2.37. The number of alkyl halides is 3. The van der Waals surface area contributed by atoms with Gasteiger partial charge in [0.2, 0.25) is 11.8 Å². The van der Waals surface area contributed by atoms with E-state index in [9.17, 15) is 22.8 Å². The van der Waals surface area contributed by atoms with Gasteiger partial charge in [0, 0.05) is 35.3 Å². The molecule has 2 amide bonds. The Balaban J connectivity index is 1.70. The number of anilines is 1. The van der Waals surface area contributed by atoms with Crippen LogP contribution in [0.4, 0.5) is 18.9 Å². The van der Waals surface area contributed by atoms with Crippen molar-refractivity contribution < 1.29 is 22.8 Å². The summed E-state index contributed by atoms with van der Waals surface area (Å²) in [5.74, 6) is -0.316. The number of halogens is 4. The van der Waals surface area contributed by atoms with Crippen molar-refractivity contribution in [1.82, 2.24) is 4.90 Å². The minimum absolute atomic E-state index is 0.0623. The van der Waals surface area contributed by atoms with Crippen LogP contribution in [0.2, 0.25) is 5.02 Å². The third-order valence-corrected chi connectivity index (χ3v) is 7.08. The van der Waals surface area contributed by atoms with Gasteiger partial charge in [-0.1, -0.05) is 43.6 Å². The first kappa shape index (κ1) is 26.4. The van der Waals surface area contributed by atoms with E-state index in [1.165, 1.54) is 12.1 Å². The van der Waals surface area contributed by atoms with Crippen molar-refractivity contribution in [2.75, 3.05) is 17.6 Å². The molecule has 0 saturated carbocycles. The molecule has 4 nitrogen and oxygen atoms in total. The molecule has 2 aromatic rings. The van der Waals surface area contributed by atoms with Gasteiger partial charge in [-0.25, -0.2) is 0 Å². The van der Waals surface area contributed by atoms with E-state index in [2.05, 4.69) is 19.2 Å². The molecule has 1 saturated heterocycles. The monoisotopic (exact) mass is 512 g/mol. The number of hydrogen-bond acceptors (Lipinski definition) is 3. The van der Waals surface area contributed by atoms with Gasteiger partial charge in [0.25, 0.3) is 0 Å². The van der Waals surface area contributed by atoms with Gasteiger partial charge in [-0.2, -0.15) is 24.9 Å². The number of nitrogens with one attached hydrogen (secondary N) is 1. The Kier molecular flexibility index (Phi) is 8.93. The van der Waals surface area contributed by atoms with Gasteiger partial charge in [0.15, 0.2) is 0 Å². The molecule has 0 bridgehead atoms. The first-order valence-corrected chi connectivity index (χ1v) is 12.6. The highest BCUT2D eigenvalue weighted by molar-refractivity contribution is 7.99. The summed E-state index contributed by atoms with van der Waals surface area (Å²) in [6.45, 7) is 4.75. The number of benzene rings is 2. The number of carbonyl (C=O) groups excluding carboxylic acids is 2. The second-order valence-corrected chi connectivity index (χ2v) is 10.7. The van der Waals surface area contributed by atoms with Crippen LogP contribution >= 0.6 is 23.4 Å². The predicted molar refractivity (Wildman–Crippen MR) is 131 cm³/mol. The van der Waals surface area contributed by atoms with E-state index in [4.69, 9.17) is 11.6 Å². The summed E-state index contributed by atoms with van der Waals surface area (Å²) in [4.78, 5) is 27.8. The average molecular weight is 513 g/mol. The summed E-state index contributed by atoms with van der Waals surface area (Å²) >= 11 is 7.79. The van der Waals surface area contributed by atoms with E-state index in [0.29, 0.717) is 29.7 Å². The number of rotatable bonds is 8. The molecule has 2 atom stereocenters. The maximum absolute atomic E-state index is 13.4. The van der Waals surface area contributed by atoms with E-state index in [0.717, 1.165) is 23.4 Å². The molecule has 0 aromatic heterocycles. The van der Waals surface area contributed by atoms with E-state index in [-0.39, 0.29) is 24.1 Å². The maximum atomic E-state index is 13.4. The molecule has 184 valence electrons. The van der Waals surface area contributed by atoms with E-state index in [1.807, 2.05) is 17.0 Å². The van der Waals surface area contributed by atoms with Crippen LogP contribution in [0.25, 0.3) is 0 Å². The maximum Gasteiger partial charge on any atom is 0.416 e. The van der Waals surface area contributed by atoms with Crippen molar-refractivity contribution in [3.8, 4) is 0 Å². The molecule has 0 spiro atoms. The van der Waals surface area contributed by atoms with Crippen LogP contribution < -0.4 is 5.32 Å². The number of hydrogen-bond donors (Lipinski definition) is 1. The van der Waals surface area contributed by atoms with Gasteiger partial charge in [0.05, 0.1) is 11.6 Å². The minimum atomic E-state index is -4.49. The van der Waals surface area contributed by atoms with Gasteiger partial charge < -0.3 is 10.2 Å². The van der Waals surface area contributed by atoms with Crippen LogP contribution in [-0.4, -0.2) is 34.3 Å². The number of carbonyl (C=O) groups is 2. The highest BCUT2D eigenvalue weighted by atomic mass is 35.5. The molecular formula is C25H28ClF3N2O2S. The second kappa shape index (κ2) is 11.5. The lowest BCUT2D eigenvalue weighted by Gasteiger charge is -2.39. The van der Waals surface area contributed by atoms with Crippen molar-refractivity contribution in [2.45, 2.75) is 50.6 Å². The number of piperidine rings is 1. The summed E-state index contributed by atoms with van der Waals surface area (Å²) in [6.07, 6.45) is -3.35. The molecule has 3 rings (SSSR count). The average Bonchev–Trinajstić information content (AvgIpc) is 2.76. The van der Waals surface area contributed by atoms with E-state index >= 15 is 0 Å². The molecule has 1 N–H and O–H groups in total. The van der Waals surface area contributed by atoms with Crippen LogP contribution in [0.1, 0.15) is 50.3 Å². The van der Waals surface area contributed by atoms with Crippen LogP contribution in [0.15, 0.2) is 48.5 Å². The fourth-order valence-electron chi connectivity index (χ4n) is 4.11.